The first-order valence-corrected chi connectivity index (χ1v) is 37.6. The first-order chi connectivity index (χ1) is 47.7. The van der Waals surface area contributed by atoms with E-state index in [9.17, 15) is 50.3 Å². The molecule has 0 aromatic carbocycles. The van der Waals surface area contributed by atoms with Crippen molar-refractivity contribution in [1.82, 2.24) is 55.1 Å². The predicted octanol–water partition coefficient (Wildman–Crippen LogP) is 7.68. The highest BCUT2D eigenvalue weighted by Gasteiger charge is 2.53. The minimum absolute atomic E-state index is 0.0536. The van der Waals surface area contributed by atoms with Crippen LogP contribution in [-0.2, 0) is 57.5 Å². The number of alkyl halides is 7. The van der Waals surface area contributed by atoms with Gasteiger partial charge >= 0.3 is 12.4 Å². The van der Waals surface area contributed by atoms with Crippen molar-refractivity contribution in [1.29, 1.82) is 0 Å². The number of nitrogens with zero attached hydrogens (tertiary/aromatic N) is 8. The van der Waals surface area contributed by atoms with Crippen molar-refractivity contribution in [2.45, 2.75) is 281 Å². The molecule has 3 unspecified atom stereocenters. The summed E-state index contributed by atoms with van der Waals surface area (Å²) < 4.78 is 90.4. The van der Waals surface area contributed by atoms with Gasteiger partial charge in [-0.25, -0.2) is 0 Å². The molecule has 0 bridgehead atoms. The van der Waals surface area contributed by atoms with E-state index in [-0.39, 0.29) is 135 Å². The topological polar surface area (TPSA) is 259 Å². The first-order valence-electron chi connectivity index (χ1n) is 37.2. The van der Waals surface area contributed by atoms with E-state index in [0.29, 0.717) is 25.7 Å². The van der Waals surface area contributed by atoms with E-state index in [1.807, 2.05) is 34.6 Å². The van der Waals surface area contributed by atoms with E-state index in [1.165, 1.54) is 76.5 Å². The minimum atomic E-state index is -4.56. The van der Waals surface area contributed by atoms with E-state index < -0.39 is 191 Å². The van der Waals surface area contributed by atoms with Crippen molar-refractivity contribution < 1.29 is 83.8 Å². The maximum Gasteiger partial charge on any atom is 0.393 e. The number of ether oxygens (including phenoxy) is 1. The smallest absolute Gasteiger partial charge is 0.377 e. The highest BCUT2D eigenvalue weighted by molar-refractivity contribution is 6.20. The number of carbonyl (C=O) groups is 11. The van der Waals surface area contributed by atoms with Crippen molar-refractivity contribution in [2.24, 2.45) is 41.4 Å². The van der Waals surface area contributed by atoms with Crippen LogP contribution in [0.1, 0.15) is 198 Å². The number of hydrogen-bond acceptors (Lipinski definition) is 12. The molecule has 102 heavy (non-hydrogen) atoms. The number of rotatable bonds is 14. The molecule has 0 radical (unpaired) electrons. The Bertz CT molecular complexity index is 2950. The van der Waals surface area contributed by atoms with E-state index in [4.69, 9.17) is 16.3 Å². The number of halogens is 7. The van der Waals surface area contributed by atoms with Gasteiger partial charge in [-0.1, -0.05) is 67.2 Å². The molecule has 6 aliphatic rings. The third-order valence-corrected chi connectivity index (χ3v) is 23.8. The Morgan fingerprint density at radius 2 is 1.24 bits per heavy atom. The summed E-state index contributed by atoms with van der Waals surface area (Å²) in [5.74, 6) is -12.8. The van der Waals surface area contributed by atoms with Gasteiger partial charge in [0.2, 0.25) is 65.0 Å². The highest BCUT2D eigenvalue weighted by atomic mass is 35.5. The van der Waals surface area contributed by atoms with Gasteiger partial charge in [0.15, 0.2) is 0 Å². The second kappa shape index (κ2) is 36.3. The van der Waals surface area contributed by atoms with Crippen LogP contribution in [0.2, 0.25) is 0 Å². The zero-order chi connectivity index (χ0) is 76.4. The van der Waals surface area contributed by atoms with Gasteiger partial charge in [0.1, 0.15) is 53.9 Å². The van der Waals surface area contributed by atoms with Crippen LogP contribution in [0.25, 0.3) is 0 Å². The molecule has 3 aliphatic carbocycles. The Kier molecular flexibility index (Phi) is 30.3. The molecule has 3 N–H and O–H groups in total. The average Bonchev–Trinajstić information content (AvgIpc) is 1.33. The summed E-state index contributed by atoms with van der Waals surface area (Å²) in [6.07, 6.45) is -8.45. The zero-order valence-corrected chi connectivity index (χ0v) is 63.4. The lowest BCUT2D eigenvalue weighted by Crippen LogP contribution is -2.65. The van der Waals surface area contributed by atoms with Gasteiger partial charge in [-0.15, -0.1) is 11.6 Å². The van der Waals surface area contributed by atoms with Gasteiger partial charge in [0, 0.05) is 85.7 Å². The molecule has 3 saturated heterocycles. The largest absolute Gasteiger partial charge is 0.393 e. The molecule has 6 rings (SSSR count). The summed E-state index contributed by atoms with van der Waals surface area (Å²) in [7, 11) is 7.17. The van der Waals surface area contributed by atoms with Crippen LogP contribution < -0.4 is 16.0 Å². The van der Waals surface area contributed by atoms with Crippen LogP contribution in [-0.4, -0.2) is 256 Å². The maximum atomic E-state index is 15.5. The molecule has 1 spiro atoms. The first kappa shape index (κ1) is 84.9. The molecular weight excluding hydrogens is 1360 g/mol. The van der Waals surface area contributed by atoms with Gasteiger partial charge in [0.05, 0.1) is 24.5 Å². The third kappa shape index (κ3) is 20.3. The van der Waals surface area contributed by atoms with Crippen LogP contribution in [0, 0.1) is 41.4 Å². The lowest BCUT2D eigenvalue weighted by molar-refractivity contribution is -0.184. The summed E-state index contributed by atoms with van der Waals surface area (Å²) in [5.41, 5.74) is -1.58. The van der Waals surface area contributed by atoms with Gasteiger partial charge in [-0.2, -0.15) is 26.3 Å². The molecule has 6 fully saturated rings. The molecule has 30 heteroatoms. The van der Waals surface area contributed by atoms with Gasteiger partial charge in [0.25, 0.3) is 0 Å². The lowest BCUT2D eigenvalue weighted by atomic mass is 9.78. The van der Waals surface area contributed by atoms with Crippen molar-refractivity contribution in [2.75, 3.05) is 68.0 Å². The lowest BCUT2D eigenvalue weighted by Gasteiger charge is -2.46. The van der Waals surface area contributed by atoms with E-state index in [1.54, 1.807) is 27.7 Å². The summed E-state index contributed by atoms with van der Waals surface area (Å²) in [4.78, 5) is 175. The second-order valence-corrected chi connectivity index (χ2v) is 31.3. The fourth-order valence-corrected chi connectivity index (χ4v) is 16.6. The fraction of sp³-hybridized carbons (Fsp3) is 0.847. The van der Waals surface area contributed by atoms with Crippen LogP contribution in [0.4, 0.5) is 26.3 Å². The summed E-state index contributed by atoms with van der Waals surface area (Å²) in [6.45, 7) is 16.6. The van der Waals surface area contributed by atoms with Crippen LogP contribution >= 0.6 is 11.6 Å². The monoisotopic (exact) mass is 1480 g/mol. The van der Waals surface area contributed by atoms with Crippen molar-refractivity contribution >= 4 is 76.6 Å². The van der Waals surface area contributed by atoms with Crippen molar-refractivity contribution in [3.05, 3.63) is 0 Å². The summed E-state index contributed by atoms with van der Waals surface area (Å²) in [6, 6.07) is -10.8. The van der Waals surface area contributed by atoms with Crippen molar-refractivity contribution in [3.63, 3.8) is 0 Å². The Balaban J connectivity index is 1.44. The Hall–Kier alpha value is -6.00. The van der Waals surface area contributed by atoms with Gasteiger partial charge < -0.3 is 59.9 Å². The fourth-order valence-electron chi connectivity index (χ4n) is 16.1. The Morgan fingerprint density at radius 3 is 1.77 bits per heavy atom. The Labute approximate surface area is 604 Å². The van der Waals surface area contributed by atoms with Gasteiger partial charge in [-0.05, 0) is 147 Å². The van der Waals surface area contributed by atoms with E-state index in [0.717, 1.165) is 4.90 Å². The molecule has 3 saturated carbocycles. The van der Waals surface area contributed by atoms with Crippen LogP contribution in [0.3, 0.4) is 0 Å². The molecule has 3 heterocycles. The second-order valence-electron chi connectivity index (χ2n) is 30.7. The predicted molar refractivity (Wildman–Crippen MR) is 370 cm³/mol. The Morgan fingerprint density at radius 1 is 0.618 bits per heavy atom. The number of amides is 11. The number of nitrogens with one attached hydrogen (secondary N) is 3. The molecule has 23 nitrogen and oxygen atoms in total. The summed E-state index contributed by atoms with van der Waals surface area (Å²) >= 11 is 6.41. The molecular formula is C72H116ClF6N11O12. The third-order valence-electron chi connectivity index (χ3n) is 23.3. The quantitative estimate of drug-likeness (QED) is 0.112. The number of likely N-dealkylation sites (N-methyl/N-ethyl adjacent to an activating group) is 6. The number of hydrogen-bond donors (Lipinski definition) is 3. The molecule has 0 aromatic heterocycles. The minimum Gasteiger partial charge on any atom is -0.377 e. The highest BCUT2D eigenvalue weighted by Crippen LogP contribution is 2.45. The standard InChI is InChI=1S/C72H116ClF6N11O12/c1-16-42(7)59-67(99)85(13)45(10)63(95)89-33-30-53(89)66(98)88(18-3)56(37-47-22-26-48(27-23-47)71(74,75)76)65(97)83(11)40-57(91)80-52(29-25-46-24-28-50(51(73)36-46)72(77,78)79)64(96)90-39-49(102-19-4)38-55(90)62(94)82-70(31-20-21-32-70)69(101)87(15)60(43(8)17-2)68(100)84(12)44(9)35-58(92)86(14)54(34-41(5)6)61(93)81-59/h41-56,59-60H,16-40H2,1-15H3,(H,80,91)(H,81,93)(H,82,94)/t42-,43-,44+,45-,46?,47?,48?,49+,50?,51?,52-,53-,54-,55-,56-,59-,60-/m0/s1. The maximum absolute atomic E-state index is 15.5. The SMILES string of the molecule is CCO[C@@H]1C[C@H]2C(=O)NC3(CCCC3)C(=O)N(C)[C@@H]([C@@H](C)CC)C(=O)N(C)[C@H](C)CC(=O)N(C)[C@@H](CC(C)C)C(=O)N[C@@H]([C@@H](C)CC)C(=O)N(C)[C@@H](C)C(=O)N3CC[C@H]3C(=O)N(CC)[C@@H](CC3CCC(C(F)(F)F)CC3)C(=O)N(C)CC(=O)N[C@@H](CCC3CCC(C(F)(F)F)C(Cl)C3)C(=O)N2C1. The summed E-state index contributed by atoms with van der Waals surface area (Å²) in [5, 5.41) is 7.45. The number of fused-ring (bicyclic) bond motifs is 2. The molecule has 15 atom stereocenters. The van der Waals surface area contributed by atoms with E-state index in [2.05, 4.69) is 16.0 Å². The van der Waals surface area contributed by atoms with Gasteiger partial charge in [-0.3, -0.25) is 52.7 Å². The average molecular weight is 1480 g/mol. The number of carbonyl (C=O) groups excluding carboxylic acids is 11. The molecule has 0 aromatic rings. The molecule has 11 amide bonds. The van der Waals surface area contributed by atoms with Crippen molar-refractivity contribution in [3.8, 4) is 0 Å². The molecule has 580 valence electrons. The molecule has 3 aliphatic heterocycles. The van der Waals surface area contributed by atoms with Crippen LogP contribution in [0.5, 0.6) is 0 Å². The van der Waals surface area contributed by atoms with Crippen LogP contribution in [0.15, 0.2) is 0 Å². The normalized spacial score (nSPS) is 32.2. The van der Waals surface area contributed by atoms with E-state index >= 15 is 28.8 Å². The zero-order valence-electron chi connectivity index (χ0n) is 62.7.